The Morgan fingerprint density at radius 1 is 1.09 bits per heavy atom. The largest absolute Gasteiger partial charge is 0.449 e. The summed E-state index contributed by atoms with van der Waals surface area (Å²) in [5, 5.41) is 7.37. The van der Waals surface area contributed by atoms with E-state index < -0.39 is 18.0 Å². The summed E-state index contributed by atoms with van der Waals surface area (Å²) in [6.07, 6.45) is 0.684. The molecule has 0 radical (unpaired) electrons. The van der Waals surface area contributed by atoms with Crippen LogP contribution in [0.3, 0.4) is 0 Å². The summed E-state index contributed by atoms with van der Waals surface area (Å²) in [5.41, 5.74) is 3.14. The van der Waals surface area contributed by atoms with E-state index in [0.29, 0.717) is 28.2 Å². The van der Waals surface area contributed by atoms with E-state index in [2.05, 4.69) is 27.4 Å². The SMILES string of the molecule is CCC(OC(=O)c1ccc2ncoc2c1)C(=O)Nc1nc(-c2ccc3ccccc3c2)cs1. The minimum atomic E-state index is -0.948. The maximum Gasteiger partial charge on any atom is 0.339 e. The average molecular weight is 458 g/mol. The predicted molar refractivity (Wildman–Crippen MR) is 127 cm³/mol. The number of amides is 1. The third kappa shape index (κ3) is 4.33. The zero-order valence-corrected chi connectivity index (χ0v) is 18.5. The topological polar surface area (TPSA) is 94.3 Å². The lowest BCUT2D eigenvalue weighted by Gasteiger charge is -2.15. The molecule has 0 bridgehead atoms. The van der Waals surface area contributed by atoms with Crippen LogP contribution in [-0.2, 0) is 9.53 Å². The molecule has 1 atom stereocenters. The number of thiazole rings is 1. The number of fused-ring (bicyclic) bond motifs is 2. The monoisotopic (exact) mass is 457 g/mol. The fourth-order valence-corrected chi connectivity index (χ4v) is 4.22. The van der Waals surface area contributed by atoms with Crippen molar-refractivity contribution in [1.29, 1.82) is 0 Å². The molecule has 5 rings (SSSR count). The third-order valence-electron chi connectivity index (χ3n) is 5.26. The number of anilines is 1. The van der Waals surface area contributed by atoms with Crippen LogP contribution in [-0.4, -0.2) is 27.9 Å². The lowest BCUT2D eigenvalue weighted by atomic mass is 10.1. The fourth-order valence-electron chi connectivity index (χ4n) is 3.50. The minimum Gasteiger partial charge on any atom is -0.449 e. The van der Waals surface area contributed by atoms with E-state index in [4.69, 9.17) is 9.15 Å². The van der Waals surface area contributed by atoms with E-state index in [1.165, 1.54) is 17.7 Å². The normalized spacial score (nSPS) is 12.0. The molecule has 8 heteroatoms. The molecule has 164 valence electrons. The van der Waals surface area contributed by atoms with Gasteiger partial charge < -0.3 is 9.15 Å². The molecule has 1 amide bonds. The molecule has 0 aliphatic heterocycles. The van der Waals surface area contributed by atoms with Gasteiger partial charge in [-0.3, -0.25) is 10.1 Å². The Balaban J connectivity index is 1.27. The van der Waals surface area contributed by atoms with E-state index in [1.807, 2.05) is 35.7 Å². The minimum absolute atomic E-state index is 0.290. The van der Waals surface area contributed by atoms with Crippen molar-refractivity contribution in [3.8, 4) is 11.3 Å². The summed E-state index contributed by atoms with van der Waals surface area (Å²) in [6, 6.07) is 19.0. The predicted octanol–water partition coefficient (Wildman–Crippen LogP) is 5.68. The van der Waals surface area contributed by atoms with Gasteiger partial charge in [0.25, 0.3) is 5.91 Å². The number of nitrogens with one attached hydrogen (secondary N) is 1. The first-order valence-corrected chi connectivity index (χ1v) is 11.3. The molecule has 0 fully saturated rings. The van der Waals surface area contributed by atoms with Crippen LogP contribution < -0.4 is 5.32 Å². The van der Waals surface area contributed by atoms with E-state index in [0.717, 1.165) is 22.0 Å². The van der Waals surface area contributed by atoms with Gasteiger partial charge in [0, 0.05) is 10.9 Å². The highest BCUT2D eigenvalue weighted by atomic mass is 32.1. The number of benzene rings is 3. The number of hydrogen-bond donors (Lipinski definition) is 1. The molecule has 3 aromatic carbocycles. The lowest BCUT2D eigenvalue weighted by Crippen LogP contribution is -2.32. The molecule has 33 heavy (non-hydrogen) atoms. The summed E-state index contributed by atoms with van der Waals surface area (Å²) < 4.78 is 10.7. The zero-order chi connectivity index (χ0) is 22.8. The molecular formula is C25H19N3O4S. The number of aromatic nitrogens is 2. The lowest BCUT2D eigenvalue weighted by molar-refractivity contribution is -0.124. The van der Waals surface area contributed by atoms with Crippen LogP contribution >= 0.6 is 11.3 Å². The summed E-state index contributed by atoms with van der Waals surface area (Å²) in [6.45, 7) is 1.78. The number of rotatable bonds is 6. The van der Waals surface area contributed by atoms with Gasteiger partial charge in [-0.1, -0.05) is 43.3 Å². The van der Waals surface area contributed by atoms with Crippen molar-refractivity contribution in [1.82, 2.24) is 9.97 Å². The van der Waals surface area contributed by atoms with Crippen LogP contribution in [0.5, 0.6) is 0 Å². The van der Waals surface area contributed by atoms with Gasteiger partial charge in [0.05, 0.1) is 11.3 Å². The molecule has 1 N–H and O–H groups in total. The van der Waals surface area contributed by atoms with Crippen molar-refractivity contribution in [2.24, 2.45) is 0 Å². The van der Waals surface area contributed by atoms with Crippen LogP contribution in [0.2, 0.25) is 0 Å². The van der Waals surface area contributed by atoms with Gasteiger partial charge in [-0.2, -0.15) is 0 Å². The first-order chi connectivity index (χ1) is 16.1. The van der Waals surface area contributed by atoms with Crippen LogP contribution in [0.4, 0.5) is 5.13 Å². The molecule has 0 aliphatic carbocycles. The van der Waals surface area contributed by atoms with Gasteiger partial charge in [0.15, 0.2) is 23.2 Å². The van der Waals surface area contributed by atoms with Gasteiger partial charge in [-0.25, -0.2) is 14.8 Å². The number of esters is 1. The molecule has 1 unspecified atom stereocenters. The van der Waals surface area contributed by atoms with Crippen molar-refractivity contribution in [3.05, 3.63) is 78.0 Å². The Labute approximate surface area is 193 Å². The average Bonchev–Trinajstić information content (AvgIpc) is 3.51. The van der Waals surface area contributed by atoms with Gasteiger partial charge in [-0.15, -0.1) is 11.3 Å². The molecule has 5 aromatic rings. The molecule has 0 aliphatic rings. The highest BCUT2D eigenvalue weighted by Gasteiger charge is 2.23. The number of carbonyl (C=O) groups excluding carboxylic acids is 2. The van der Waals surface area contributed by atoms with Crippen molar-refractivity contribution in [3.63, 3.8) is 0 Å². The second-order valence-corrected chi connectivity index (χ2v) is 8.28. The molecule has 0 saturated carbocycles. The maximum absolute atomic E-state index is 12.8. The summed E-state index contributed by atoms with van der Waals surface area (Å²) in [7, 11) is 0. The zero-order valence-electron chi connectivity index (χ0n) is 17.6. The van der Waals surface area contributed by atoms with Crippen molar-refractivity contribution in [2.75, 3.05) is 5.32 Å². The van der Waals surface area contributed by atoms with Gasteiger partial charge in [0.1, 0.15) is 5.52 Å². The molecular weight excluding hydrogens is 438 g/mol. The van der Waals surface area contributed by atoms with Crippen LogP contribution in [0.25, 0.3) is 33.1 Å². The number of hydrogen-bond acceptors (Lipinski definition) is 7. The van der Waals surface area contributed by atoms with E-state index >= 15 is 0 Å². The molecule has 0 spiro atoms. The standard InChI is InChI=1S/C25H19N3O4S/c1-2-21(32-24(30)18-9-10-19-22(12-18)31-14-26-19)23(29)28-25-27-20(13-33-25)17-8-7-15-5-3-4-6-16(15)11-17/h3-14,21H,2H2,1H3,(H,27,28,29). The van der Waals surface area contributed by atoms with Gasteiger partial charge >= 0.3 is 5.97 Å². The number of nitrogens with zero attached hydrogens (tertiary/aromatic N) is 2. The van der Waals surface area contributed by atoms with Crippen molar-refractivity contribution in [2.45, 2.75) is 19.4 Å². The Morgan fingerprint density at radius 2 is 1.94 bits per heavy atom. The van der Waals surface area contributed by atoms with E-state index in [1.54, 1.807) is 25.1 Å². The molecule has 2 heterocycles. The first kappa shape index (κ1) is 20.8. The Hall–Kier alpha value is -4.04. The first-order valence-electron chi connectivity index (χ1n) is 10.4. The Morgan fingerprint density at radius 3 is 2.79 bits per heavy atom. The van der Waals surface area contributed by atoms with Crippen LogP contribution in [0, 0.1) is 0 Å². The van der Waals surface area contributed by atoms with Gasteiger partial charge in [-0.05, 0) is 41.5 Å². The maximum atomic E-state index is 12.8. The van der Waals surface area contributed by atoms with Crippen LogP contribution in [0.15, 0.2) is 76.9 Å². The summed E-state index contributed by atoms with van der Waals surface area (Å²) in [5.74, 6) is -1.03. The number of carbonyl (C=O) groups is 2. The summed E-state index contributed by atoms with van der Waals surface area (Å²) in [4.78, 5) is 33.9. The molecule has 2 aromatic heterocycles. The molecule has 0 saturated heterocycles. The molecule has 7 nitrogen and oxygen atoms in total. The third-order valence-corrected chi connectivity index (χ3v) is 6.02. The van der Waals surface area contributed by atoms with Crippen molar-refractivity contribution >= 4 is 50.2 Å². The second kappa shape index (κ2) is 8.84. The highest BCUT2D eigenvalue weighted by Crippen LogP contribution is 2.28. The van der Waals surface area contributed by atoms with E-state index in [-0.39, 0.29) is 0 Å². The van der Waals surface area contributed by atoms with E-state index in [9.17, 15) is 9.59 Å². The van der Waals surface area contributed by atoms with Crippen LogP contribution in [0.1, 0.15) is 23.7 Å². The quantitative estimate of drug-likeness (QED) is 0.330. The number of oxazole rings is 1. The second-order valence-electron chi connectivity index (χ2n) is 7.43. The smallest absolute Gasteiger partial charge is 0.339 e. The Bertz CT molecular complexity index is 1470. The van der Waals surface area contributed by atoms with Crippen molar-refractivity contribution < 1.29 is 18.7 Å². The summed E-state index contributed by atoms with van der Waals surface area (Å²) >= 11 is 1.32. The highest BCUT2D eigenvalue weighted by molar-refractivity contribution is 7.14. The Kier molecular flexibility index (Phi) is 5.58. The fraction of sp³-hybridized carbons (Fsp3) is 0.120. The number of ether oxygens (including phenoxy) is 1. The van der Waals surface area contributed by atoms with Gasteiger partial charge in [0.2, 0.25) is 0 Å².